The van der Waals surface area contributed by atoms with Crippen molar-refractivity contribution in [1.29, 1.82) is 0 Å². The van der Waals surface area contributed by atoms with Crippen LogP contribution in [0.15, 0.2) is 29.9 Å². The first kappa shape index (κ1) is 23.8. The predicted molar refractivity (Wildman–Crippen MR) is 113 cm³/mol. The van der Waals surface area contributed by atoms with E-state index >= 15 is 0 Å². The van der Waals surface area contributed by atoms with Crippen molar-refractivity contribution in [3.63, 3.8) is 0 Å². The highest BCUT2D eigenvalue weighted by atomic mass is 35.5. The molecule has 0 spiro atoms. The number of nitrogens with zero attached hydrogens (tertiary/aromatic N) is 2. The van der Waals surface area contributed by atoms with Crippen LogP contribution in [0.1, 0.15) is 24.3 Å². The van der Waals surface area contributed by atoms with Crippen LogP contribution in [-0.2, 0) is 16.0 Å². The Balaban J connectivity index is 0.00000182. The summed E-state index contributed by atoms with van der Waals surface area (Å²) in [6.07, 6.45) is 6.71. The molecular formula is C18H26Cl2N4O2S. The van der Waals surface area contributed by atoms with E-state index in [1.54, 1.807) is 30.8 Å². The quantitative estimate of drug-likeness (QED) is 0.657. The molecule has 1 aliphatic rings. The van der Waals surface area contributed by atoms with Gasteiger partial charge in [0.15, 0.2) is 0 Å². The zero-order valence-electron chi connectivity index (χ0n) is 15.3. The minimum absolute atomic E-state index is 0. The number of aromatic nitrogens is 2. The SMILES string of the molecule is COC1(C(=O)NCCCc2nc(-c3ccncc3)cs2)CCNCC1.Cl.Cl. The van der Waals surface area contributed by atoms with E-state index in [-0.39, 0.29) is 30.7 Å². The van der Waals surface area contributed by atoms with E-state index in [4.69, 9.17) is 4.74 Å². The lowest BCUT2D eigenvalue weighted by molar-refractivity contribution is -0.146. The number of aryl methyl sites for hydroxylation is 1. The van der Waals surface area contributed by atoms with Crippen molar-refractivity contribution in [2.45, 2.75) is 31.3 Å². The third-order valence-corrected chi connectivity index (χ3v) is 5.51. The van der Waals surface area contributed by atoms with E-state index in [9.17, 15) is 4.79 Å². The van der Waals surface area contributed by atoms with Gasteiger partial charge in [0.25, 0.3) is 5.91 Å². The highest BCUT2D eigenvalue weighted by Gasteiger charge is 2.39. The van der Waals surface area contributed by atoms with Crippen LogP contribution in [0.25, 0.3) is 11.3 Å². The molecule has 2 N–H and O–H groups in total. The maximum absolute atomic E-state index is 12.5. The van der Waals surface area contributed by atoms with Gasteiger partial charge in [-0.1, -0.05) is 0 Å². The minimum atomic E-state index is -0.666. The Labute approximate surface area is 176 Å². The van der Waals surface area contributed by atoms with Crippen LogP contribution < -0.4 is 10.6 Å². The largest absolute Gasteiger partial charge is 0.368 e. The van der Waals surface area contributed by atoms with Crippen LogP contribution in [0.2, 0.25) is 0 Å². The molecule has 1 aliphatic heterocycles. The van der Waals surface area contributed by atoms with Gasteiger partial charge in [0.1, 0.15) is 5.60 Å². The Morgan fingerprint density at radius 1 is 1.30 bits per heavy atom. The van der Waals surface area contributed by atoms with Gasteiger partial charge in [0.2, 0.25) is 0 Å². The third kappa shape index (κ3) is 6.12. The molecule has 2 aromatic heterocycles. The highest BCUT2D eigenvalue weighted by Crippen LogP contribution is 2.23. The van der Waals surface area contributed by atoms with Crippen LogP contribution in [0.3, 0.4) is 0 Å². The standard InChI is InChI=1S/C18H24N4O2S.2ClH/c1-24-18(6-11-20-12-7-18)17(23)21-8-2-3-16-22-15(13-25-16)14-4-9-19-10-5-14;;/h4-5,9-10,13,20H,2-3,6-8,11-12H2,1H3,(H,21,23);2*1H. The van der Waals surface area contributed by atoms with Crippen molar-refractivity contribution < 1.29 is 9.53 Å². The van der Waals surface area contributed by atoms with E-state index in [2.05, 4.69) is 26.0 Å². The number of nitrogens with one attached hydrogen (secondary N) is 2. The van der Waals surface area contributed by atoms with Gasteiger partial charge in [-0.15, -0.1) is 36.2 Å². The summed E-state index contributed by atoms with van der Waals surface area (Å²) < 4.78 is 5.54. The number of rotatable bonds is 7. The summed E-state index contributed by atoms with van der Waals surface area (Å²) in [7, 11) is 1.63. The Kier molecular flexibility index (Phi) is 10.2. The molecule has 0 saturated carbocycles. The molecule has 3 heterocycles. The second-order valence-corrected chi connectivity index (χ2v) is 7.11. The number of ether oxygens (including phenoxy) is 1. The van der Waals surface area contributed by atoms with Crippen molar-refractivity contribution >= 4 is 42.1 Å². The second-order valence-electron chi connectivity index (χ2n) is 6.17. The van der Waals surface area contributed by atoms with Crippen molar-refractivity contribution in [2.75, 3.05) is 26.7 Å². The lowest BCUT2D eigenvalue weighted by Gasteiger charge is -2.34. The topological polar surface area (TPSA) is 76.1 Å². The van der Waals surface area contributed by atoms with Gasteiger partial charge in [0.05, 0.1) is 10.7 Å². The van der Waals surface area contributed by atoms with Crippen LogP contribution in [0, 0.1) is 0 Å². The fourth-order valence-corrected chi connectivity index (χ4v) is 3.89. The van der Waals surface area contributed by atoms with Crippen molar-refractivity contribution in [1.82, 2.24) is 20.6 Å². The first-order chi connectivity index (χ1) is 12.2. The van der Waals surface area contributed by atoms with Crippen LogP contribution in [0.5, 0.6) is 0 Å². The number of carbonyl (C=O) groups is 1. The molecular weight excluding hydrogens is 407 g/mol. The molecule has 1 amide bonds. The Morgan fingerprint density at radius 2 is 2.00 bits per heavy atom. The average molecular weight is 433 g/mol. The van der Waals surface area contributed by atoms with Crippen LogP contribution in [0.4, 0.5) is 0 Å². The lowest BCUT2D eigenvalue weighted by Crippen LogP contribution is -2.54. The normalized spacial score (nSPS) is 15.3. The molecule has 3 rings (SSSR count). The van der Waals surface area contributed by atoms with E-state index in [0.717, 1.165) is 55.0 Å². The highest BCUT2D eigenvalue weighted by molar-refractivity contribution is 7.09. The zero-order chi connectivity index (χ0) is 17.5. The summed E-state index contributed by atoms with van der Waals surface area (Å²) in [6.45, 7) is 2.28. The van der Waals surface area contributed by atoms with Crippen molar-refractivity contribution in [3.05, 3.63) is 34.9 Å². The minimum Gasteiger partial charge on any atom is -0.368 e. The smallest absolute Gasteiger partial charge is 0.252 e. The molecule has 0 aromatic carbocycles. The van der Waals surface area contributed by atoms with Gasteiger partial charge in [-0.25, -0.2) is 4.98 Å². The molecule has 0 unspecified atom stereocenters. The number of hydrogen-bond acceptors (Lipinski definition) is 6. The third-order valence-electron chi connectivity index (χ3n) is 4.60. The molecule has 1 saturated heterocycles. The molecule has 2 aromatic rings. The summed E-state index contributed by atoms with van der Waals surface area (Å²) in [4.78, 5) is 21.2. The summed E-state index contributed by atoms with van der Waals surface area (Å²) in [5.41, 5.74) is 1.40. The fourth-order valence-electron chi connectivity index (χ4n) is 3.04. The second kappa shape index (κ2) is 11.6. The number of piperidine rings is 1. The Morgan fingerprint density at radius 3 is 2.67 bits per heavy atom. The van der Waals surface area contributed by atoms with Gasteiger partial charge in [-0.2, -0.15) is 0 Å². The number of thiazole rings is 1. The summed E-state index contributed by atoms with van der Waals surface area (Å²) in [5.74, 6) is 0.00751. The van der Waals surface area contributed by atoms with E-state index in [1.165, 1.54) is 0 Å². The molecule has 150 valence electrons. The van der Waals surface area contributed by atoms with Gasteiger partial charge in [-0.05, 0) is 44.5 Å². The average Bonchev–Trinajstić information content (AvgIpc) is 3.15. The molecule has 0 radical (unpaired) electrons. The zero-order valence-corrected chi connectivity index (χ0v) is 17.7. The van der Waals surface area contributed by atoms with Crippen LogP contribution >= 0.6 is 36.2 Å². The molecule has 9 heteroatoms. The first-order valence-electron chi connectivity index (χ1n) is 8.62. The summed E-state index contributed by atoms with van der Waals surface area (Å²) in [5, 5.41) is 9.45. The first-order valence-corrected chi connectivity index (χ1v) is 9.50. The van der Waals surface area contributed by atoms with Crippen molar-refractivity contribution in [3.8, 4) is 11.3 Å². The van der Waals surface area contributed by atoms with Gasteiger partial charge >= 0.3 is 0 Å². The predicted octanol–water partition coefficient (Wildman–Crippen LogP) is 2.87. The molecule has 27 heavy (non-hydrogen) atoms. The molecule has 6 nitrogen and oxygen atoms in total. The molecule has 0 atom stereocenters. The van der Waals surface area contributed by atoms with E-state index < -0.39 is 5.60 Å². The Hall–Kier alpha value is -1.25. The summed E-state index contributed by atoms with van der Waals surface area (Å²) >= 11 is 1.66. The monoisotopic (exact) mass is 432 g/mol. The van der Waals surface area contributed by atoms with Gasteiger partial charge < -0.3 is 15.4 Å². The van der Waals surface area contributed by atoms with Gasteiger partial charge in [-0.3, -0.25) is 9.78 Å². The lowest BCUT2D eigenvalue weighted by atomic mass is 9.91. The molecule has 0 bridgehead atoms. The maximum Gasteiger partial charge on any atom is 0.252 e. The fraction of sp³-hybridized carbons (Fsp3) is 0.500. The number of carbonyl (C=O) groups excluding carboxylic acids is 1. The number of pyridine rings is 1. The Bertz CT molecular complexity index is 694. The maximum atomic E-state index is 12.5. The van der Waals surface area contributed by atoms with E-state index in [1.807, 2.05) is 12.1 Å². The number of amides is 1. The number of halogens is 2. The number of hydrogen-bond donors (Lipinski definition) is 2. The summed E-state index contributed by atoms with van der Waals surface area (Å²) in [6, 6.07) is 3.92. The molecule has 0 aliphatic carbocycles. The van der Waals surface area contributed by atoms with Crippen LogP contribution in [-0.4, -0.2) is 48.2 Å². The van der Waals surface area contributed by atoms with E-state index in [0.29, 0.717) is 6.54 Å². The van der Waals surface area contributed by atoms with Gasteiger partial charge in [0, 0.05) is 43.4 Å². The number of methoxy groups -OCH3 is 1. The van der Waals surface area contributed by atoms with Crippen molar-refractivity contribution in [2.24, 2.45) is 0 Å². The molecule has 1 fully saturated rings.